The van der Waals surface area contributed by atoms with Crippen LogP contribution in [0.3, 0.4) is 0 Å². The Morgan fingerprint density at radius 1 is 1.12 bits per heavy atom. The number of hydrogen-bond donors (Lipinski definition) is 1. The molecular formula is C10H13N5S. The van der Waals surface area contributed by atoms with Gasteiger partial charge in [0, 0.05) is 4.88 Å². The zero-order valence-corrected chi connectivity index (χ0v) is 10.3. The number of thiazole rings is 1. The highest BCUT2D eigenvalue weighted by atomic mass is 32.1. The van der Waals surface area contributed by atoms with E-state index < -0.39 is 0 Å². The topological polar surface area (TPSA) is 63.6 Å². The Morgan fingerprint density at radius 2 is 1.94 bits per heavy atom. The SMILES string of the molecule is Cc1nnc(NCc2scnc2C)nc1C. The zero-order valence-electron chi connectivity index (χ0n) is 9.48. The maximum absolute atomic E-state index is 4.30. The maximum atomic E-state index is 4.30. The summed E-state index contributed by atoms with van der Waals surface area (Å²) in [6.45, 7) is 6.51. The average molecular weight is 235 g/mol. The molecule has 0 aliphatic carbocycles. The molecule has 2 aromatic rings. The summed E-state index contributed by atoms with van der Waals surface area (Å²) in [6.07, 6.45) is 0. The molecule has 1 N–H and O–H groups in total. The van der Waals surface area contributed by atoms with E-state index in [1.54, 1.807) is 11.3 Å². The third-order valence-corrected chi connectivity index (χ3v) is 3.28. The summed E-state index contributed by atoms with van der Waals surface area (Å²) in [4.78, 5) is 9.68. The fourth-order valence-corrected chi connectivity index (χ4v) is 1.90. The van der Waals surface area contributed by atoms with Gasteiger partial charge in [-0.3, -0.25) is 0 Å². The minimum absolute atomic E-state index is 0.566. The molecule has 0 fully saturated rings. The molecule has 0 unspecified atom stereocenters. The van der Waals surface area contributed by atoms with Crippen LogP contribution < -0.4 is 5.32 Å². The van der Waals surface area contributed by atoms with Gasteiger partial charge >= 0.3 is 0 Å². The minimum atomic E-state index is 0.566. The molecule has 0 amide bonds. The lowest BCUT2D eigenvalue weighted by molar-refractivity contribution is 0.886. The molecule has 0 spiro atoms. The van der Waals surface area contributed by atoms with Gasteiger partial charge in [-0.05, 0) is 20.8 Å². The van der Waals surface area contributed by atoms with Crippen molar-refractivity contribution in [3.8, 4) is 0 Å². The lowest BCUT2D eigenvalue weighted by Gasteiger charge is -2.04. The Hall–Kier alpha value is -1.56. The normalized spacial score (nSPS) is 10.4. The molecule has 2 rings (SSSR count). The summed E-state index contributed by atoms with van der Waals surface area (Å²) in [5.41, 5.74) is 4.65. The molecular weight excluding hydrogens is 222 g/mol. The van der Waals surface area contributed by atoms with E-state index in [0.717, 1.165) is 17.1 Å². The van der Waals surface area contributed by atoms with E-state index in [2.05, 4.69) is 25.5 Å². The second-order valence-electron chi connectivity index (χ2n) is 3.52. The van der Waals surface area contributed by atoms with Crippen molar-refractivity contribution in [1.29, 1.82) is 0 Å². The number of nitrogens with zero attached hydrogens (tertiary/aromatic N) is 4. The molecule has 0 aromatic carbocycles. The Morgan fingerprint density at radius 3 is 2.56 bits per heavy atom. The largest absolute Gasteiger partial charge is 0.348 e. The van der Waals surface area contributed by atoms with Crippen molar-refractivity contribution in [2.45, 2.75) is 27.3 Å². The van der Waals surface area contributed by atoms with E-state index in [0.29, 0.717) is 12.5 Å². The Kier molecular flexibility index (Phi) is 3.09. The van der Waals surface area contributed by atoms with Crippen molar-refractivity contribution in [3.05, 3.63) is 27.5 Å². The predicted molar refractivity (Wildman–Crippen MR) is 63.5 cm³/mol. The van der Waals surface area contributed by atoms with Crippen LogP contribution in [0.25, 0.3) is 0 Å². The number of hydrogen-bond acceptors (Lipinski definition) is 6. The molecule has 0 aliphatic rings. The molecule has 0 atom stereocenters. The van der Waals surface area contributed by atoms with Crippen molar-refractivity contribution < 1.29 is 0 Å². The van der Waals surface area contributed by atoms with Crippen LogP contribution in [0.15, 0.2) is 5.51 Å². The Bertz CT molecular complexity index is 494. The third kappa shape index (κ3) is 2.33. The van der Waals surface area contributed by atoms with Gasteiger partial charge in [-0.15, -0.1) is 16.4 Å². The second-order valence-corrected chi connectivity index (χ2v) is 4.46. The lowest BCUT2D eigenvalue weighted by atomic mass is 10.4. The molecule has 16 heavy (non-hydrogen) atoms. The van der Waals surface area contributed by atoms with Gasteiger partial charge < -0.3 is 5.32 Å². The molecule has 0 radical (unpaired) electrons. The van der Waals surface area contributed by atoms with Gasteiger partial charge in [-0.25, -0.2) is 9.97 Å². The van der Waals surface area contributed by atoms with Gasteiger partial charge in [0.2, 0.25) is 5.95 Å². The van der Waals surface area contributed by atoms with Gasteiger partial charge in [0.25, 0.3) is 0 Å². The number of rotatable bonds is 3. The predicted octanol–water partition coefficient (Wildman–Crippen LogP) is 1.87. The highest BCUT2D eigenvalue weighted by molar-refractivity contribution is 7.09. The Balaban J connectivity index is 2.05. The average Bonchev–Trinajstić information content (AvgIpc) is 2.66. The summed E-state index contributed by atoms with van der Waals surface area (Å²) in [7, 11) is 0. The van der Waals surface area contributed by atoms with Crippen molar-refractivity contribution >= 4 is 17.3 Å². The maximum Gasteiger partial charge on any atom is 0.243 e. The molecule has 2 aromatic heterocycles. The highest BCUT2D eigenvalue weighted by Crippen LogP contribution is 2.13. The summed E-state index contributed by atoms with van der Waals surface area (Å²) in [5.74, 6) is 0.566. The van der Waals surface area contributed by atoms with E-state index in [1.165, 1.54) is 4.88 Å². The summed E-state index contributed by atoms with van der Waals surface area (Å²) in [6, 6.07) is 0. The van der Waals surface area contributed by atoms with Gasteiger partial charge in [-0.1, -0.05) is 0 Å². The minimum Gasteiger partial charge on any atom is -0.348 e. The fraction of sp³-hybridized carbons (Fsp3) is 0.400. The third-order valence-electron chi connectivity index (χ3n) is 2.34. The van der Waals surface area contributed by atoms with Crippen LogP contribution in [0.5, 0.6) is 0 Å². The van der Waals surface area contributed by atoms with Crippen LogP contribution in [-0.2, 0) is 6.54 Å². The van der Waals surface area contributed by atoms with E-state index in [-0.39, 0.29) is 0 Å². The summed E-state index contributed by atoms with van der Waals surface area (Å²) in [5, 5.41) is 11.1. The number of nitrogens with one attached hydrogen (secondary N) is 1. The standard InChI is InChI=1S/C10H13N5S/c1-6-7(2)14-15-10(13-6)11-4-9-8(3)12-5-16-9/h5H,4H2,1-3H3,(H,11,13,15). The molecule has 84 valence electrons. The van der Waals surface area contributed by atoms with Gasteiger partial charge in [0.15, 0.2) is 0 Å². The van der Waals surface area contributed by atoms with E-state index in [9.17, 15) is 0 Å². The first-order chi connectivity index (χ1) is 7.66. The van der Waals surface area contributed by atoms with E-state index >= 15 is 0 Å². The summed E-state index contributed by atoms with van der Waals surface area (Å²) >= 11 is 1.63. The molecule has 5 nitrogen and oxygen atoms in total. The first-order valence-electron chi connectivity index (χ1n) is 4.97. The van der Waals surface area contributed by atoms with Crippen LogP contribution in [0.4, 0.5) is 5.95 Å². The van der Waals surface area contributed by atoms with Crippen LogP contribution in [-0.4, -0.2) is 20.2 Å². The van der Waals surface area contributed by atoms with Crippen LogP contribution >= 0.6 is 11.3 Å². The highest BCUT2D eigenvalue weighted by Gasteiger charge is 2.04. The smallest absolute Gasteiger partial charge is 0.243 e. The first kappa shape index (κ1) is 10.9. The van der Waals surface area contributed by atoms with Crippen molar-refractivity contribution in [2.24, 2.45) is 0 Å². The molecule has 0 aliphatic heterocycles. The lowest BCUT2D eigenvalue weighted by Crippen LogP contribution is -2.06. The first-order valence-corrected chi connectivity index (χ1v) is 5.85. The molecule has 0 saturated heterocycles. The van der Waals surface area contributed by atoms with E-state index in [4.69, 9.17) is 0 Å². The molecule has 2 heterocycles. The molecule has 0 saturated carbocycles. The van der Waals surface area contributed by atoms with Gasteiger partial charge in [0.05, 0.1) is 29.1 Å². The number of anilines is 1. The van der Waals surface area contributed by atoms with E-state index in [1.807, 2.05) is 26.3 Å². The fourth-order valence-electron chi connectivity index (χ4n) is 1.19. The number of aromatic nitrogens is 4. The molecule has 6 heteroatoms. The second kappa shape index (κ2) is 4.52. The van der Waals surface area contributed by atoms with Crippen LogP contribution in [0, 0.1) is 20.8 Å². The Labute approximate surface area is 98.0 Å². The quantitative estimate of drug-likeness (QED) is 0.879. The van der Waals surface area contributed by atoms with Crippen molar-refractivity contribution in [1.82, 2.24) is 20.2 Å². The summed E-state index contributed by atoms with van der Waals surface area (Å²) < 4.78 is 0. The monoisotopic (exact) mass is 235 g/mol. The molecule has 0 bridgehead atoms. The van der Waals surface area contributed by atoms with Crippen molar-refractivity contribution in [2.75, 3.05) is 5.32 Å². The van der Waals surface area contributed by atoms with Gasteiger partial charge in [-0.2, -0.15) is 5.10 Å². The number of aryl methyl sites for hydroxylation is 3. The van der Waals surface area contributed by atoms with Crippen LogP contribution in [0.2, 0.25) is 0 Å². The van der Waals surface area contributed by atoms with Crippen molar-refractivity contribution in [3.63, 3.8) is 0 Å². The van der Waals surface area contributed by atoms with Crippen LogP contribution in [0.1, 0.15) is 22.0 Å². The van der Waals surface area contributed by atoms with Gasteiger partial charge in [0.1, 0.15) is 0 Å². The zero-order chi connectivity index (χ0) is 11.5.